The fraction of sp³-hybridized carbons (Fsp3) is 0.167. The van der Waals surface area contributed by atoms with E-state index in [0.717, 1.165) is 0 Å². The molecule has 1 heterocycles. The number of fused-ring (bicyclic) bond motifs is 1. The Hall–Kier alpha value is -3.22. The third kappa shape index (κ3) is 3.82. The fourth-order valence-electron chi connectivity index (χ4n) is 2.42. The van der Waals surface area contributed by atoms with Crippen molar-refractivity contribution in [2.45, 2.75) is 6.54 Å². The standard InChI is InChI=1S/C18H16FN3O3/c1-22-18(24)15-5-3-2-4-14(15)16(21-22)10-20-17(23)11-25-13-8-6-12(19)7-9-13/h2-9H,10-11H2,1H3,(H,20,23). The number of hydrogen-bond acceptors (Lipinski definition) is 4. The van der Waals surface area contributed by atoms with Crippen molar-refractivity contribution < 1.29 is 13.9 Å². The Morgan fingerprint density at radius 3 is 2.56 bits per heavy atom. The van der Waals surface area contributed by atoms with E-state index in [1.54, 1.807) is 25.2 Å². The van der Waals surface area contributed by atoms with Gasteiger partial charge in [-0.2, -0.15) is 5.10 Å². The lowest BCUT2D eigenvalue weighted by Gasteiger charge is -2.10. The molecule has 0 bridgehead atoms. The van der Waals surface area contributed by atoms with Crippen molar-refractivity contribution in [3.8, 4) is 5.75 Å². The van der Waals surface area contributed by atoms with Crippen LogP contribution in [0.4, 0.5) is 4.39 Å². The van der Waals surface area contributed by atoms with E-state index in [9.17, 15) is 14.0 Å². The SMILES string of the molecule is Cn1nc(CNC(=O)COc2ccc(F)cc2)c2ccccc2c1=O. The minimum absolute atomic E-state index is 0.167. The van der Waals surface area contributed by atoms with Gasteiger partial charge in [0.15, 0.2) is 6.61 Å². The summed E-state index contributed by atoms with van der Waals surface area (Å²) in [6.45, 7) is -0.0322. The molecule has 0 aliphatic heterocycles. The molecular formula is C18H16FN3O3. The first kappa shape index (κ1) is 16.6. The van der Waals surface area contributed by atoms with Crippen LogP contribution in [0, 0.1) is 5.82 Å². The molecule has 0 unspecified atom stereocenters. The van der Waals surface area contributed by atoms with Crippen LogP contribution < -0.4 is 15.6 Å². The number of carbonyl (C=O) groups is 1. The number of halogens is 1. The highest BCUT2D eigenvalue weighted by Crippen LogP contribution is 2.13. The second-order valence-corrected chi connectivity index (χ2v) is 5.44. The molecule has 1 aromatic heterocycles. The number of hydrogen-bond donors (Lipinski definition) is 1. The Labute approximate surface area is 142 Å². The number of aryl methyl sites for hydroxylation is 1. The normalized spacial score (nSPS) is 10.6. The number of ether oxygens (including phenoxy) is 1. The maximum atomic E-state index is 12.8. The van der Waals surface area contributed by atoms with Crippen molar-refractivity contribution >= 4 is 16.7 Å². The predicted octanol–water partition coefficient (Wildman–Crippen LogP) is 1.77. The maximum absolute atomic E-state index is 12.8. The van der Waals surface area contributed by atoms with Gasteiger partial charge in [0, 0.05) is 12.4 Å². The summed E-state index contributed by atoms with van der Waals surface area (Å²) < 4.78 is 19.4. The molecule has 128 valence electrons. The van der Waals surface area contributed by atoms with Gasteiger partial charge in [-0.25, -0.2) is 9.07 Å². The quantitative estimate of drug-likeness (QED) is 0.768. The molecule has 0 aliphatic carbocycles. The largest absolute Gasteiger partial charge is 0.484 e. The van der Waals surface area contributed by atoms with E-state index in [4.69, 9.17) is 4.74 Å². The number of rotatable bonds is 5. The van der Waals surface area contributed by atoms with E-state index >= 15 is 0 Å². The molecule has 25 heavy (non-hydrogen) atoms. The van der Waals surface area contributed by atoms with Gasteiger partial charge in [-0.15, -0.1) is 0 Å². The Bertz CT molecular complexity index is 967. The first-order valence-corrected chi connectivity index (χ1v) is 7.64. The molecule has 0 aliphatic rings. The number of nitrogens with one attached hydrogen (secondary N) is 1. The van der Waals surface area contributed by atoms with Crippen molar-refractivity contribution in [2.75, 3.05) is 6.61 Å². The second-order valence-electron chi connectivity index (χ2n) is 5.44. The van der Waals surface area contributed by atoms with E-state index in [1.807, 2.05) is 6.07 Å². The van der Waals surface area contributed by atoms with Crippen LogP contribution in [0.3, 0.4) is 0 Å². The average molecular weight is 341 g/mol. The Morgan fingerprint density at radius 1 is 1.16 bits per heavy atom. The fourth-order valence-corrected chi connectivity index (χ4v) is 2.42. The monoisotopic (exact) mass is 341 g/mol. The van der Waals surface area contributed by atoms with Crippen molar-refractivity contribution in [1.29, 1.82) is 0 Å². The highest BCUT2D eigenvalue weighted by Gasteiger charge is 2.10. The third-order valence-corrected chi connectivity index (χ3v) is 3.67. The molecule has 2 aromatic carbocycles. The van der Waals surface area contributed by atoms with Crippen LogP contribution >= 0.6 is 0 Å². The van der Waals surface area contributed by atoms with Gasteiger partial charge >= 0.3 is 0 Å². The molecule has 0 spiro atoms. The number of nitrogens with zero attached hydrogens (tertiary/aromatic N) is 2. The minimum atomic E-state index is -0.371. The molecule has 3 aromatic rings. The lowest BCUT2D eigenvalue weighted by molar-refractivity contribution is -0.123. The van der Waals surface area contributed by atoms with Crippen LogP contribution in [0.5, 0.6) is 5.75 Å². The Kier molecular flexibility index (Phi) is 4.74. The molecule has 7 heteroatoms. The number of benzene rings is 2. The second kappa shape index (κ2) is 7.12. The smallest absolute Gasteiger partial charge is 0.274 e. The van der Waals surface area contributed by atoms with Gasteiger partial charge in [-0.05, 0) is 30.3 Å². The molecule has 1 amide bonds. The first-order chi connectivity index (χ1) is 12.0. The maximum Gasteiger partial charge on any atom is 0.274 e. The van der Waals surface area contributed by atoms with Gasteiger partial charge in [0.25, 0.3) is 11.5 Å². The van der Waals surface area contributed by atoms with Gasteiger partial charge in [0.2, 0.25) is 0 Å². The number of carbonyl (C=O) groups excluding carboxylic acids is 1. The summed E-state index contributed by atoms with van der Waals surface area (Å²) in [7, 11) is 1.57. The van der Waals surface area contributed by atoms with Gasteiger partial charge < -0.3 is 10.1 Å². The molecule has 0 saturated carbocycles. The molecule has 0 radical (unpaired) electrons. The number of amides is 1. The van der Waals surface area contributed by atoms with E-state index in [1.165, 1.54) is 28.9 Å². The van der Waals surface area contributed by atoms with Crippen LogP contribution in [-0.4, -0.2) is 22.3 Å². The van der Waals surface area contributed by atoms with Crippen molar-refractivity contribution in [3.05, 3.63) is 70.4 Å². The molecule has 0 atom stereocenters. The topological polar surface area (TPSA) is 73.2 Å². The first-order valence-electron chi connectivity index (χ1n) is 7.64. The van der Waals surface area contributed by atoms with Crippen molar-refractivity contribution in [2.24, 2.45) is 7.05 Å². The van der Waals surface area contributed by atoms with Crippen LogP contribution in [0.1, 0.15) is 5.69 Å². The van der Waals surface area contributed by atoms with Crippen LogP contribution in [0.15, 0.2) is 53.3 Å². The Morgan fingerprint density at radius 2 is 1.84 bits per heavy atom. The molecule has 6 nitrogen and oxygen atoms in total. The van der Waals surface area contributed by atoms with E-state index in [-0.39, 0.29) is 30.4 Å². The summed E-state index contributed by atoms with van der Waals surface area (Å²) in [5, 5.41) is 8.16. The minimum Gasteiger partial charge on any atom is -0.484 e. The summed E-state index contributed by atoms with van der Waals surface area (Å²) in [6.07, 6.45) is 0. The van der Waals surface area contributed by atoms with Crippen LogP contribution in [0.25, 0.3) is 10.8 Å². The molecular weight excluding hydrogens is 325 g/mol. The zero-order valence-electron chi connectivity index (χ0n) is 13.5. The van der Waals surface area contributed by atoms with Crippen molar-refractivity contribution in [3.63, 3.8) is 0 Å². The summed E-state index contributed by atoms with van der Waals surface area (Å²) in [5.41, 5.74) is 0.401. The van der Waals surface area contributed by atoms with Crippen molar-refractivity contribution in [1.82, 2.24) is 15.1 Å². The summed E-state index contributed by atoms with van der Waals surface area (Å²) in [5.74, 6) is -0.310. The highest BCUT2D eigenvalue weighted by atomic mass is 19.1. The van der Waals surface area contributed by atoms with E-state index < -0.39 is 0 Å². The van der Waals surface area contributed by atoms with Crippen LogP contribution in [-0.2, 0) is 18.4 Å². The highest BCUT2D eigenvalue weighted by molar-refractivity contribution is 5.84. The van der Waals surface area contributed by atoms with Gasteiger partial charge in [-0.1, -0.05) is 18.2 Å². The van der Waals surface area contributed by atoms with E-state index in [0.29, 0.717) is 22.2 Å². The van der Waals surface area contributed by atoms with Gasteiger partial charge in [0.05, 0.1) is 17.6 Å². The van der Waals surface area contributed by atoms with E-state index in [2.05, 4.69) is 10.4 Å². The molecule has 3 rings (SSSR count). The zero-order valence-corrected chi connectivity index (χ0v) is 13.5. The predicted molar refractivity (Wildman–Crippen MR) is 90.7 cm³/mol. The zero-order chi connectivity index (χ0) is 17.8. The lowest BCUT2D eigenvalue weighted by Crippen LogP contribution is -2.30. The lowest BCUT2D eigenvalue weighted by atomic mass is 10.1. The summed E-state index contributed by atoms with van der Waals surface area (Å²) in [4.78, 5) is 24.0. The van der Waals surface area contributed by atoms with Gasteiger partial charge in [0.1, 0.15) is 11.6 Å². The third-order valence-electron chi connectivity index (χ3n) is 3.67. The Balaban J connectivity index is 1.66. The van der Waals surface area contributed by atoms with Crippen LogP contribution in [0.2, 0.25) is 0 Å². The molecule has 0 saturated heterocycles. The summed E-state index contributed by atoms with van der Waals surface area (Å²) in [6, 6.07) is 12.5. The summed E-state index contributed by atoms with van der Waals surface area (Å²) >= 11 is 0. The molecule has 0 fully saturated rings. The number of aromatic nitrogens is 2. The average Bonchev–Trinajstić information content (AvgIpc) is 2.63. The van der Waals surface area contributed by atoms with Gasteiger partial charge in [-0.3, -0.25) is 9.59 Å². The molecule has 1 N–H and O–H groups in total.